The average Bonchev–Trinajstić information content (AvgIpc) is 3.54. The fourth-order valence-electron chi connectivity index (χ4n) is 13.2. The predicted octanol–water partition coefficient (Wildman–Crippen LogP) is 18.8. The maximum atomic E-state index is 11.4. The molecule has 0 aliphatic heterocycles. The molecule has 8 nitrogen and oxygen atoms in total. The smallest absolute Gasteiger partial charge is 0.164 e. The minimum absolute atomic E-state index is 0.518. The Labute approximate surface area is 481 Å². The van der Waals surface area contributed by atoms with Crippen molar-refractivity contribution in [2.75, 3.05) is 0 Å². The molecule has 5 heterocycles. The zero-order valence-electron chi connectivity index (χ0n) is 45.1. The van der Waals surface area contributed by atoms with Crippen LogP contribution >= 0.6 is 0 Å². The largest absolute Gasteiger partial charge is 0.309 e. The summed E-state index contributed by atoms with van der Waals surface area (Å²) in [6, 6.07) is 101. The Morgan fingerprint density at radius 3 is 1.01 bits per heavy atom. The van der Waals surface area contributed by atoms with Crippen LogP contribution in [-0.2, 0) is 0 Å². The van der Waals surface area contributed by atoms with Crippen LogP contribution in [-0.4, -0.2) is 33.2 Å². The molecule has 0 spiro atoms. The van der Waals surface area contributed by atoms with Gasteiger partial charge in [0.2, 0.25) is 0 Å². The van der Waals surface area contributed by atoms with E-state index in [2.05, 4.69) is 237 Å². The summed E-state index contributed by atoms with van der Waals surface area (Å²) < 4.78 is 9.46. The maximum absolute atomic E-state index is 11.4. The molecule has 0 unspecified atom stereocenters. The normalized spacial score (nSPS) is 11.8. The van der Waals surface area contributed by atoms with Gasteiger partial charge in [-0.05, 0) is 109 Å². The molecule has 5 aromatic heterocycles. The minimum Gasteiger partial charge on any atom is -0.309 e. The van der Waals surface area contributed by atoms with E-state index in [1.807, 2.05) is 66.7 Å². The number of rotatable bonds is 8. The van der Waals surface area contributed by atoms with Crippen molar-refractivity contribution in [3.8, 4) is 74.1 Å². The number of fused-ring (bicyclic) bond motifs is 12. The van der Waals surface area contributed by atoms with Crippen LogP contribution in [0.2, 0.25) is 0 Å². The number of nitriles is 1. The van der Waals surface area contributed by atoms with Crippen molar-refractivity contribution in [2.24, 2.45) is 0 Å². The molecule has 0 aliphatic carbocycles. The van der Waals surface area contributed by atoms with Gasteiger partial charge in [-0.25, -0.2) is 15.0 Å². The SMILES string of the molecule is N#Cc1ccc(-n2c3ccccc3c3cc(-n4c5ccccc5c5ccccc54)ccc32)cc1-c1cc(-c2nc(-c3ccccc3)nc(-c3ccccc3)n2)ccc1-n1c2ccccc2c2cc(-n3c4ccccc4c4ccccc43)ccc21. The van der Waals surface area contributed by atoms with Gasteiger partial charge in [0.15, 0.2) is 17.5 Å². The molecule has 0 saturated heterocycles. The molecule has 0 amide bonds. The maximum Gasteiger partial charge on any atom is 0.164 e. The second kappa shape index (κ2) is 18.7. The first-order chi connectivity index (χ1) is 41.6. The van der Waals surface area contributed by atoms with E-state index in [0.717, 1.165) is 116 Å². The Balaban J connectivity index is 0.909. The van der Waals surface area contributed by atoms with Crippen molar-refractivity contribution in [3.05, 3.63) is 285 Å². The molecule has 0 atom stereocenters. The zero-order chi connectivity index (χ0) is 55.4. The van der Waals surface area contributed by atoms with Crippen molar-refractivity contribution >= 4 is 87.2 Å². The summed E-state index contributed by atoms with van der Waals surface area (Å²) in [4.78, 5) is 15.5. The summed E-state index contributed by atoms with van der Waals surface area (Å²) in [6.45, 7) is 0. The molecule has 0 radical (unpaired) electrons. The number of aromatic nitrogens is 7. The highest BCUT2D eigenvalue weighted by molar-refractivity contribution is 6.14. The first-order valence-electron chi connectivity index (χ1n) is 28.2. The summed E-state index contributed by atoms with van der Waals surface area (Å²) in [7, 11) is 0. The molecule has 0 fully saturated rings. The van der Waals surface area contributed by atoms with Gasteiger partial charge in [-0.15, -0.1) is 0 Å². The molecule has 17 rings (SSSR count). The average molecular weight is 1070 g/mol. The van der Waals surface area contributed by atoms with Crippen LogP contribution < -0.4 is 0 Å². The topological polar surface area (TPSA) is 82.2 Å². The Bertz CT molecular complexity index is 5420. The molecule has 8 heteroatoms. The van der Waals surface area contributed by atoms with Crippen LogP contribution in [0.1, 0.15) is 5.56 Å². The van der Waals surface area contributed by atoms with E-state index < -0.39 is 0 Å². The highest BCUT2D eigenvalue weighted by Crippen LogP contribution is 2.43. The van der Waals surface area contributed by atoms with Gasteiger partial charge in [-0.2, -0.15) is 5.26 Å². The molecule has 84 heavy (non-hydrogen) atoms. The van der Waals surface area contributed by atoms with Crippen LogP contribution in [0.4, 0.5) is 0 Å². The van der Waals surface area contributed by atoms with Gasteiger partial charge in [0.1, 0.15) is 0 Å². The molecule has 390 valence electrons. The van der Waals surface area contributed by atoms with Crippen LogP contribution in [0.15, 0.2) is 279 Å². The first-order valence-corrected chi connectivity index (χ1v) is 28.2. The highest BCUT2D eigenvalue weighted by atomic mass is 15.0. The summed E-state index contributed by atoms with van der Waals surface area (Å²) in [5, 5.41) is 20.7. The third kappa shape index (κ3) is 7.23. The quantitative estimate of drug-likeness (QED) is 0.152. The second-order valence-corrected chi connectivity index (χ2v) is 21.5. The lowest BCUT2D eigenvalue weighted by molar-refractivity contribution is 1.07. The number of nitrogens with zero attached hydrogens (tertiary/aromatic N) is 8. The van der Waals surface area contributed by atoms with E-state index in [1.165, 1.54) is 21.5 Å². The molecular weight excluding hydrogens is 1020 g/mol. The minimum atomic E-state index is 0.518. The Kier molecular flexibility index (Phi) is 10.5. The van der Waals surface area contributed by atoms with Crippen LogP contribution in [0, 0.1) is 11.3 Å². The van der Waals surface area contributed by atoms with E-state index >= 15 is 0 Å². The molecular formula is C76H46N8. The number of hydrogen-bond donors (Lipinski definition) is 0. The standard InChI is InChI=1S/C76H46N8/c77-47-51-35-37-52(83-69-33-17-11-27-59(69)63-45-53(38-41-71(63)83)81-65-29-13-7-23-55(65)56-24-8-14-30-66(56)81)44-61(51)62-43-50(76-79-74(48-19-3-1-4-20-48)78-75(80-76)49-21-5-2-6-22-49)36-40-72(62)84-70-34-18-12-28-60(70)64-46-54(39-42-73(64)84)82-67-31-15-9-25-57(67)58-26-10-16-32-68(58)82/h1-46H. The Morgan fingerprint density at radius 2 is 0.583 bits per heavy atom. The molecule has 0 bridgehead atoms. The Hall–Kier alpha value is -11.7. The summed E-state index contributed by atoms with van der Waals surface area (Å²) in [5.74, 6) is 1.66. The van der Waals surface area contributed by atoms with Crippen LogP contribution in [0.5, 0.6) is 0 Å². The van der Waals surface area contributed by atoms with Gasteiger partial charge in [-0.1, -0.05) is 170 Å². The third-order valence-corrected chi connectivity index (χ3v) is 16.9. The summed E-state index contributed by atoms with van der Waals surface area (Å²) in [6.07, 6.45) is 0. The van der Waals surface area contributed by atoms with Crippen LogP contribution in [0.25, 0.3) is 155 Å². The van der Waals surface area contributed by atoms with Crippen LogP contribution in [0.3, 0.4) is 0 Å². The fourth-order valence-corrected chi connectivity index (χ4v) is 13.2. The van der Waals surface area contributed by atoms with Crippen molar-refractivity contribution in [1.82, 2.24) is 33.2 Å². The highest BCUT2D eigenvalue weighted by Gasteiger charge is 2.24. The van der Waals surface area contributed by atoms with Gasteiger partial charge < -0.3 is 18.3 Å². The van der Waals surface area contributed by atoms with Crippen molar-refractivity contribution in [2.45, 2.75) is 0 Å². The molecule has 0 aliphatic rings. The number of hydrogen-bond acceptors (Lipinski definition) is 4. The monoisotopic (exact) mass is 1070 g/mol. The van der Waals surface area contributed by atoms with E-state index in [9.17, 15) is 5.26 Å². The first kappa shape index (κ1) is 47.2. The molecule has 17 aromatic rings. The van der Waals surface area contributed by atoms with Gasteiger partial charge in [-0.3, -0.25) is 0 Å². The summed E-state index contributed by atoms with van der Waals surface area (Å²) in [5.41, 5.74) is 17.5. The molecule has 0 saturated carbocycles. The lowest BCUT2D eigenvalue weighted by atomic mass is 9.95. The second-order valence-electron chi connectivity index (χ2n) is 21.5. The van der Waals surface area contributed by atoms with E-state index in [0.29, 0.717) is 23.0 Å². The third-order valence-electron chi connectivity index (χ3n) is 16.9. The van der Waals surface area contributed by atoms with E-state index in [1.54, 1.807) is 0 Å². The lowest BCUT2D eigenvalue weighted by Gasteiger charge is -2.18. The van der Waals surface area contributed by atoms with E-state index in [4.69, 9.17) is 15.0 Å². The zero-order valence-corrected chi connectivity index (χ0v) is 45.1. The summed E-state index contributed by atoms with van der Waals surface area (Å²) >= 11 is 0. The van der Waals surface area contributed by atoms with Gasteiger partial charge in [0.25, 0.3) is 0 Å². The van der Waals surface area contributed by atoms with E-state index in [-0.39, 0.29) is 0 Å². The van der Waals surface area contributed by atoms with Gasteiger partial charge >= 0.3 is 0 Å². The molecule has 0 N–H and O–H groups in total. The van der Waals surface area contributed by atoms with Crippen molar-refractivity contribution < 1.29 is 0 Å². The van der Waals surface area contributed by atoms with Crippen molar-refractivity contribution in [1.29, 1.82) is 5.26 Å². The predicted molar refractivity (Wildman–Crippen MR) is 344 cm³/mol. The number of para-hydroxylation sites is 6. The van der Waals surface area contributed by atoms with Gasteiger partial charge in [0, 0.05) is 88.0 Å². The number of benzene rings is 12. The fraction of sp³-hybridized carbons (Fsp3) is 0. The van der Waals surface area contributed by atoms with Crippen molar-refractivity contribution in [3.63, 3.8) is 0 Å². The Morgan fingerprint density at radius 1 is 0.250 bits per heavy atom. The lowest BCUT2D eigenvalue weighted by Crippen LogP contribution is -2.03. The van der Waals surface area contributed by atoms with Gasteiger partial charge in [0.05, 0.1) is 61.5 Å². The molecule has 12 aromatic carbocycles.